The number of nitro benzene ring substituents is 2. The molecule has 1 fully saturated rings. The van der Waals surface area contributed by atoms with Crippen LogP contribution in [0.25, 0.3) is 0 Å². The summed E-state index contributed by atoms with van der Waals surface area (Å²) in [4.78, 5) is 38.6. The van der Waals surface area contributed by atoms with E-state index in [9.17, 15) is 20.2 Å². The van der Waals surface area contributed by atoms with E-state index >= 15 is 0 Å². The Morgan fingerprint density at radius 1 is 0.722 bits per heavy atom. The predicted octanol–water partition coefficient (Wildman–Crippen LogP) is 2.71. The topological polar surface area (TPSA) is 180 Å². The molecule has 3 aromatic rings. The Balaban J connectivity index is 1.49. The Labute approximate surface area is 205 Å². The maximum absolute atomic E-state index is 10.9. The molecular weight excluding hydrogens is 470 g/mol. The summed E-state index contributed by atoms with van der Waals surface area (Å²) in [6.45, 7) is 6.37. The summed E-state index contributed by atoms with van der Waals surface area (Å²) in [5, 5.41) is 21.7. The molecule has 15 nitrogen and oxygen atoms in total. The SMILES string of the molecule is CCN1CCN(c2nc(NNc3ccc([N+](=O)[O-])cc3)nc(NNc3ccc([N+](=O)[O-])cc3)n2)CC1. The summed E-state index contributed by atoms with van der Waals surface area (Å²) in [6.07, 6.45) is 0. The molecule has 1 aromatic heterocycles. The van der Waals surface area contributed by atoms with E-state index in [2.05, 4.69) is 53.4 Å². The van der Waals surface area contributed by atoms with Crippen LogP contribution in [-0.4, -0.2) is 62.4 Å². The summed E-state index contributed by atoms with van der Waals surface area (Å²) >= 11 is 0. The molecular formula is C21H25N11O4. The quantitative estimate of drug-likeness (QED) is 0.238. The van der Waals surface area contributed by atoms with Crippen molar-refractivity contribution in [2.75, 3.05) is 59.3 Å². The molecule has 15 heteroatoms. The second kappa shape index (κ2) is 11.1. The third kappa shape index (κ3) is 6.20. The number of hydrogen-bond acceptors (Lipinski definition) is 13. The summed E-state index contributed by atoms with van der Waals surface area (Å²) in [7, 11) is 0. The van der Waals surface area contributed by atoms with E-state index in [1.807, 2.05) is 0 Å². The number of rotatable bonds is 10. The van der Waals surface area contributed by atoms with Crippen molar-refractivity contribution in [1.82, 2.24) is 19.9 Å². The number of hydrazine groups is 2. The van der Waals surface area contributed by atoms with Crippen molar-refractivity contribution in [3.63, 3.8) is 0 Å². The van der Waals surface area contributed by atoms with E-state index in [-0.39, 0.29) is 23.3 Å². The van der Waals surface area contributed by atoms with Gasteiger partial charge in [-0.05, 0) is 30.8 Å². The highest BCUT2D eigenvalue weighted by atomic mass is 16.6. The lowest BCUT2D eigenvalue weighted by molar-refractivity contribution is -0.385. The molecule has 188 valence electrons. The number of nitro groups is 2. The van der Waals surface area contributed by atoms with Crippen LogP contribution in [0.2, 0.25) is 0 Å². The standard InChI is InChI=1S/C21H25N11O4/c1-2-29-11-13-30(14-12-29)21-23-19(27-25-15-3-7-17(8-4-15)31(33)34)22-20(24-21)28-26-16-5-9-18(10-6-16)32(35)36/h3-10,25-26H,2,11-14H2,1H3,(H2,22,23,24,27,28). The molecule has 2 heterocycles. The predicted molar refractivity (Wildman–Crippen MR) is 135 cm³/mol. The Bertz CT molecular complexity index is 1120. The first-order valence-corrected chi connectivity index (χ1v) is 11.2. The smallest absolute Gasteiger partial charge is 0.269 e. The molecule has 0 unspecified atom stereocenters. The van der Waals surface area contributed by atoms with Gasteiger partial charge in [-0.15, -0.1) is 0 Å². The molecule has 0 aliphatic carbocycles. The van der Waals surface area contributed by atoms with Crippen LogP contribution < -0.4 is 26.6 Å². The van der Waals surface area contributed by atoms with Crippen molar-refractivity contribution >= 4 is 40.6 Å². The minimum absolute atomic E-state index is 0.0157. The molecule has 36 heavy (non-hydrogen) atoms. The van der Waals surface area contributed by atoms with E-state index in [1.165, 1.54) is 24.3 Å². The van der Waals surface area contributed by atoms with Gasteiger partial charge in [0.05, 0.1) is 21.2 Å². The molecule has 2 aromatic carbocycles. The third-order valence-corrected chi connectivity index (χ3v) is 5.52. The summed E-state index contributed by atoms with van der Waals surface area (Å²) < 4.78 is 0. The van der Waals surface area contributed by atoms with Gasteiger partial charge in [0.25, 0.3) is 11.4 Å². The Morgan fingerprint density at radius 2 is 1.17 bits per heavy atom. The second-order valence-electron chi connectivity index (χ2n) is 7.81. The van der Waals surface area contributed by atoms with Gasteiger partial charge in [-0.1, -0.05) is 6.92 Å². The van der Waals surface area contributed by atoms with Crippen molar-refractivity contribution in [3.05, 3.63) is 68.8 Å². The first-order valence-electron chi connectivity index (χ1n) is 11.2. The molecule has 1 aliphatic rings. The van der Waals surface area contributed by atoms with E-state index in [4.69, 9.17) is 0 Å². The monoisotopic (exact) mass is 495 g/mol. The number of hydrogen-bond donors (Lipinski definition) is 4. The van der Waals surface area contributed by atoms with E-state index in [0.29, 0.717) is 17.3 Å². The fraction of sp³-hybridized carbons (Fsp3) is 0.286. The number of piperazine rings is 1. The maximum Gasteiger partial charge on any atom is 0.269 e. The lowest BCUT2D eigenvalue weighted by Gasteiger charge is -2.34. The van der Waals surface area contributed by atoms with Gasteiger partial charge in [0.15, 0.2) is 0 Å². The normalized spacial score (nSPS) is 13.6. The highest BCUT2D eigenvalue weighted by Crippen LogP contribution is 2.19. The van der Waals surface area contributed by atoms with Crippen molar-refractivity contribution < 1.29 is 9.85 Å². The van der Waals surface area contributed by atoms with Crippen LogP contribution in [0.15, 0.2) is 48.5 Å². The largest absolute Gasteiger partial charge is 0.338 e. The van der Waals surface area contributed by atoms with Crippen LogP contribution in [0.3, 0.4) is 0 Å². The molecule has 0 bridgehead atoms. The second-order valence-corrected chi connectivity index (χ2v) is 7.81. The Hall–Kier alpha value is -4.79. The third-order valence-electron chi connectivity index (χ3n) is 5.52. The molecule has 0 spiro atoms. The number of benzene rings is 2. The zero-order valence-electron chi connectivity index (χ0n) is 19.4. The van der Waals surface area contributed by atoms with Gasteiger partial charge in [0.2, 0.25) is 17.8 Å². The maximum atomic E-state index is 10.9. The summed E-state index contributed by atoms with van der Waals surface area (Å²) in [6, 6.07) is 11.8. The lowest BCUT2D eigenvalue weighted by atomic mass is 10.3. The molecule has 4 rings (SSSR count). The van der Waals surface area contributed by atoms with Crippen LogP contribution in [-0.2, 0) is 0 Å². The van der Waals surface area contributed by atoms with Gasteiger partial charge in [0, 0.05) is 50.4 Å². The fourth-order valence-corrected chi connectivity index (χ4v) is 3.47. The molecule has 0 amide bonds. The van der Waals surface area contributed by atoms with E-state index < -0.39 is 9.85 Å². The molecule has 1 saturated heterocycles. The van der Waals surface area contributed by atoms with Crippen LogP contribution in [0.1, 0.15) is 6.92 Å². The number of nitrogens with zero attached hydrogens (tertiary/aromatic N) is 7. The minimum atomic E-state index is -0.469. The average molecular weight is 496 g/mol. The molecule has 0 radical (unpaired) electrons. The number of non-ortho nitro benzene ring substituents is 2. The van der Waals surface area contributed by atoms with E-state index in [0.717, 1.165) is 32.7 Å². The summed E-state index contributed by atoms with van der Waals surface area (Å²) in [5.74, 6) is 0.926. The molecule has 0 atom stereocenters. The zero-order chi connectivity index (χ0) is 25.5. The van der Waals surface area contributed by atoms with Crippen LogP contribution in [0.4, 0.5) is 40.6 Å². The van der Waals surface area contributed by atoms with Gasteiger partial charge in [0.1, 0.15) is 0 Å². The number of aromatic nitrogens is 3. The highest BCUT2D eigenvalue weighted by molar-refractivity contribution is 5.55. The van der Waals surface area contributed by atoms with Crippen molar-refractivity contribution in [2.24, 2.45) is 0 Å². The average Bonchev–Trinajstić information content (AvgIpc) is 2.91. The van der Waals surface area contributed by atoms with Gasteiger partial charge in [-0.25, -0.2) is 0 Å². The Morgan fingerprint density at radius 3 is 1.56 bits per heavy atom. The minimum Gasteiger partial charge on any atom is -0.338 e. The van der Waals surface area contributed by atoms with Gasteiger partial charge in [-0.3, -0.25) is 41.9 Å². The van der Waals surface area contributed by atoms with Crippen LogP contribution in [0.5, 0.6) is 0 Å². The van der Waals surface area contributed by atoms with Gasteiger partial charge in [-0.2, -0.15) is 15.0 Å². The van der Waals surface area contributed by atoms with Crippen molar-refractivity contribution in [2.45, 2.75) is 6.92 Å². The van der Waals surface area contributed by atoms with Crippen LogP contribution >= 0.6 is 0 Å². The first-order chi connectivity index (χ1) is 17.4. The van der Waals surface area contributed by atoms with Crippen molar-refractivity contribution in [3.8, 4) is 0 Å². The summed E-state index contributed by atoms with van der Waals surface area (Å²) in [5.41, 5.74) is 12.8. The van der Waals surface area contributed by atoms with E-state index in [1.54, 1.807) is 24.3 Å². The molecule has 0 saturated carbocycles. The molecule has 1 aliphatic heterocycles. The Kier molecular flexibility index (Phi) is 7.50. The van der Waals surface area contributed by atoms with Gasteiger partial charge >= 0.3 is 0 Å². The fourth-order valence-electron chi connectivity index (χ4n) is 3.47. The number of anilines is 5. The zero-order valence-corrected chi connectivity index (χ0v) is 19.4. The number of nitrogens with one attached hydrogen (secondary N) is 4. The van der Waals surface area contributed by atoms with Crippen molar-refractivity contribution in [1.29, 1.82) is 0 Å². The lowest BCUT2D eigenvalue weighted by Crippen LogP contribution is -2.46. The molecule has 4 N–H and O–H groups in total. The highest BCUT2D eigenvalue weighted by Gasteiger charge is 2.20. The first kappa shape index (κ1) is 24.3. The van der Waals surface area contributed by atoms with Gasteiger partial charge < -0.3 is 9.80 Å². The number of likely N-dealkylation sites (N-methyl/N-ethyl adjacent to an activating group) is 1. The van der Waals surface area contributed by atoms with Crippen LogP contribution in [0, 0.1) is 20.2 Å².